The number of nitrogens with two attached hydrogens (primary N) is 1. The Kier molecular flexibility index (Phi) is 5.77. The van der Waals surface area contributed by atoms with Crippen molar-refractivity contribution >= 4 is 5.96 Å². The summed E-state index contributed by atoms with van der Waals surface area (Å²) in [6.07, 6.45) is 0.819. The fourth-order valence-corrected chi connectivity index (χ4v) is 1.98. The number of nitrogens with one attached hydrogen (secondary N) is 1. The monoisotopic (exact) mass is 301 g/mol. The van der Waals surface area contributed by atoms with Gasteiger partial charge in [0.1, 0.15) is 11.6 Å². The Morgan fingerprint density at radius 1 is 1.18 bits per heavy atom. The molecule has 3 N–H and O–H groups in total. The van der Waals surface area contributed by atoms with Crippen LogP contribution in [0.2, 0.25) is 0 Å². The Morgan fingerprint density at radius 2 is 1.91 bits per heavy atom. The smallest absolute Gasteiger partial charge is 0.188 e. The van der Waals surface area contributed by atoms with Crippen LogP contribution >= 0.6 is 0 Å². The average molecular weight is 301 g/mol. The zero-order valence-electron chi connectivity index (χ0n) is 12.6. The van der Waals surface area contributed by atoms with E-state index in [1.807, 2.05) is 24.3 Å². The fourth-order valence-electron chi connectivity index (χ4n) is 1.98. The van der Waals surface area contributed by atoms with E-state index in [2.05, 4.69) is 10.3 Å². The number of halogens is 1. The van der Waals surface area contributed by atoms with Crippen molar-refractivity contribution in [1.82, 2.24) is 5.32 Å². The topological polar surface area (TPSA) is 59.6 Å². The highest BCUT2D eigenvalue weighted by Gasteiger charge is 2.00. The molecule has 0 amide bonds. The van der Waals surface area contributed by atoms with Crippen molar-refractivity contribution in [1.29, 1.82) is 0 Å². The van der Waals surface area contributed by atoms with Gasteiger partial charge in [-0.2, -0.15) is 0 Å². The highest BCUT2D eigenvalue weighted by atomic mass is 19.1. The third kappa shape index (κ3) is 4.77. The molecule has 0 saturated carbocycles. The quantitative estimate of drug-likeness (QED) is 0.636. The summed E-state index contributed by atoms with van der Waals surface area (Å²) in [6.45, 7) is 0.896. The normalized spacial score (nSPS) is 11.3. The van der Waals surface area contributed by atoms with Crippen LogP contribution < -0.4 is 15.8 Å². The Hall–Kier alpha value is -2.56. The SMILES string of the molecule is COc1ccc(CCNC(N)=NCc2ccccc2F)cc1. The molecular weight excluding hydrogens is 281 g/mol. The number of hydrogen-bond acceptors (Lipinski definition) is 2. The molecule has 5 heteroatoms. The Labute approximate surface area is 129 Å². The van der Waals surface area contributed by atoms with Crippen LogP contribution in [0.3, 0.4) is 0 Å². The second-order valence-corrected chi connectivity index (χ2v) is 4.82. The highest BCUT2D eigenvalue weighted by Crippen LogP contribution is 2.11. The number of nitrogens with zero attached hydrogens (tertiary/aromatic N) is 1. The number of guanidine groups is 1. The molecule has 0 aliphatic heterocycles. The molecule has 0 atom stereocenters. The summed E-state index contributed by atoms with van der Waals surface area (Å²) < 4.78 is 18.5. The molecule has 0 fully saturated rings. The van der Waals surface area contributed by atoms with Crippen LogP contribution in [-0.2, 0) is 13.0 Å². The summed E-state index contributed by atoms with van der Waals surface area (Å²) in [5.41, 5.74) is 7.48. The first-order valence-electron chi connectivity index (χ1n) is 7.09. The minimum absolute atomic E-state index is 0.230. The first-order valence-corrected chi connectivity index (χ1v) is 7.09. The standard InChI is InChI=1S/C17H20FN3O/c1-22-15-8-6-13(7-9-15)10-11-20-17(19)21-12-14-4-2-3-5-16(14)18/h2-9H,10-12H2,1H3,(H3,19,20,21). The molecule has 0 spiro atoms. The molecule has 22 heavy (non-hydrogen) atoms. The van der Waals surface area contributed by atoms with Crippen molar-refractivity contribution in [3.63, 3.8) is 0 Å². The maximum absolute atomic E-state index is 13.4. The van der Waals surface area contributed by atoms with E-state index in [1.54, 1.807) is 25.3 Å². The van der Waals surface area contributed by atoms with Gasteiger partial charge in [-0.25, -0.2) is 9.38 Å². The molecule has 116 valence electrons. The first kappa shape index (κ1) is 15.8. The average Bonchev–Trinajstić information content (AvgIpc) is 2.55. The van der Waals surface area contributed by atoms with Gasteiger partial charge in [0.05, 0.1) is 13.7 Å². The minimum atomic E-state index is -0.266. The molecular formula is C17H20FN3O. The Morgan fingerprint density at radius 3 is 2.59 bits per heavy atom. The van der Waals surface area contributed by atoms with E-state index >= 15 is 0 Å². The van der Waals surface area contributed by atoms with Crippen molar-refractivity contribution in [3.05, 3.63) is 65.5 Å². The maximum atomic E-state index is 13.4. The van der Waals surface area contributed by atoms with E-state index < -0.39 is 0 Å². The molecule has 0 aliphatic carbocycles. The molecule has 0 aliphatic rings. The van der Waals surface area contributed by atoms with Gasteiger partial charge in [0.15, 0.2) is 5.96 Å². The van der Waals surface area contributed by atoms with Crippen LogP contribution in [0, 0.1) is 5.82 Å². The Bertz CT molecular complexity index is 626. The van der Waals surface area contributed by atoms with Crippen LogP contribution in [0.15, 0.2) is 53.5 Å². The van der Waals surface area contributed by atoms with Gasteiger partial charge in [-0.05, 0) is 30.2 Å². The van der Waals surface area contributed by atoms with Crippen LogP contribution in [0.4, 0.5) is 4.39 Å². The van der Waals surface area contributed by atoms with Gasteiger partial charge >= 0.3 is 0 Å². The van der Waals surface area contributed by atoms with Gasteiger partial charge in [0.25, 0.3) is 0 Å². The number of aliphatic imine (C=N–C) groups is 1. The lowest BCUT2D eigenvalue weighted by molar-refractivity contribution is 0.414. The Balaban J connectivity index is 1.78. The number of benzene rings is 2. The summed E-state index contributed by atoms with van der Waals surface area (Å²) in [5, 5.41) is 3.02. The molecule has 0 aromatic heterocycles. The zero-order chi connectivity index (χ0) is 15.8. The molecule has 2 aromatic carbocycles. The van der Waals surface area contributed by atoms with Gasteiger partial charge < -0.3 is 15.8 Å². The second kappa shape index (κ2) is 8.02. The van der Waals surface area contributed by atoms with E-state index in [0.29, 0.717) is 18.1 Å². The molecule has 0 saturated heterocycles. The van der Waals surface area contributed by atoms with Crippen molar-refractivity contribution < 1.29 is 9.13 Å². The lowest BCUT2D eigenvalue weighted by atomic mass is 10.1. The first-order chi connectivity index (χ1) is 10.7. The molecule has 2 aromatic rings. The van der Waals surface area contributed by atoms with E-state index in [-0.39, 0.29) is 12.4 Å². The summed E-state index contributed by atoms with van der Waals surface area (Å²) in [5.74, 6) is 0.886. The lowest BCUT2D eigenvalue weighted by Crippen LogP contribution is -2.33. The summed E-state index contributed by atoms with van der Waals surface area (Å²) in [4.78, 5) is 4.14. The number of ether oxygens (including phenoxy) is 1. The molecule has 2 rings (SSSR count). The van der Waals surface area contributed by atoms with Gasteiger partial charge in [0, 0.05) is 12.1 Å². The molecule has 0 bridgehead atoms. The van der Waals surface area contributed by atoms with Gasteiger partial charge in [-0.1, -0.05) is 30.3 Å². The maximum Gasteiger partial charge on any atom is 0.188 e. The largest absolute Gasteiger partial charge is 0.497 e. The lowest BCUT2D eigenvalue weighted by Gasteiger charge is -2.07. The molecule has 0 unspecified atom stereocenters. The summed E-state index contributed by atoms with van der Waals surface area (Å²) in [6, 6.07) is 14.4. The van der Waals surface area contributed by atoms with Crippen molar-refractivity contribution in [3.8, 4) is 5.75 Å². The number of hydrogen-bond donors (Lipinski definition) is 2. The van der Waals surface area contributed by atoms with Crippen LogP contribution in [0.25, 0.3) is 0 Å². The number of rotatable bonds is 6. The molecule has 4 nitrogen and oxygen atoms in total. The van der Waals surface area contributed by atoms with E-state index in [0.717, 1.165) is 12.2 Å². The van der Waals surface area contributed by atoms with Gasteiger partial charge in [0.2, 0.25) is 0 Å². The van der Waals surface area contributed by atoms with Crippen molar-refractivity contribution in [2.24, 2.45) is 10.7 Å². The van der Waals surface area contributed by atoms with Gasteiger partial charge in [-0.15, -0.1) is 0 Å². The molecule has 0 radical (unpaired) electrons. The number of methoxy groups -OCH3 is 1. The summed E-state index contributed by atoms with van der Waals surface area (Å²) >= 11 is 0. The predicted octanol–water partition coefficient (Wildman–Crippen LogP) is 2.48. The van der Waals surface area contributed by atoms with Crippen LogP contribution in [-0.4, -0.2) is 19.6 Å². The second-order valence-electron chi connectivity index (χ2n) is 4.82. The minimum Gasteiger partial charge on any atom is -0.497 e. The van der Waals surface area contributed by atoms with Crippen LogP contribution in [0.1, 0.15) is 11.1 Å². The van der Waals surface area contributed by atoms with Crippen LogP contribution in [0.5, 0.6) is 5.75 Å². The van der Waals surface area contributed by atoms with Crippen molar-refractivity contribution in [2.45, 2.75) is 13.0 Å². The molecule has 0 heterocycles. The zero-order valence-corrected chi connectivity index (χ0v) is 12.6. The highest BCUT2D eigenvalue weighted by molar-refractivity contribution is 5.77. The fraction of sp³-hybridized carbons (Fsp3) is 0.235. The van der Waals surface area contributed by atoms with Gasteiger partial charge in [-0.3, -0.25) is 0 Å². The van der Waals surface area contributed by atoms with E-state index in [4.69, 9.17) is 10.5 Å². The summed E-state index contributed by atoms with van der Waals surface area (Å²) in [7, 11) is 1.64. The van der Waals surface area contributed by atoms with E-state index in [9.17, 15) is 4.39 Å². The third-order valence-electron chi connectivity index (χ3n) is 3.26. The van der Waals surface area contributed by atoms with Crippen molar-refractivity contribution in [2.75, 3.05) is 13.7 Å². The third-order valence-corrected chi connectivity index (χ3v) is 3.26. The van der Waals surface area contributed by atoms with E-state index in [1.165, 1.54) is 11.6 Å². The predicted molar refractivity (Wildman–Crippen MR) is 86.4 cm³/mol.